The Morgan fingerprint density at radius 2 is 2.19 bits per heavy atom. The van der Waals surface area contributed by atoms with Gasteiger partial charge in [-0.25, -0.2) is 18.2 Å². The van der Waals surface area contributed by atoms with Crippen LogP contribution in [0.3, 0.4) is 0 Å². The molecule has 1 heterocycles. The average molecular weight is 347 g/mol. The zero-order valence-corrected chi connectivity index (χ0v) is 13.2. The largest absolute Gasteiger partial charge is 0.478 e. The highest BCUT2D eigenvalue weighted by molar-refractivity contribution is 7.89. The van der Waals surface area contributed by atoms with Gasteiger partial charge < -0.3 is 5.11 Å². The first kappa shape index (κ1) is 15.9. The molecule has 0 atom stereocenters. The molecule has 0 bridgehead atoms. The van der Waals surface area contributed by atoms with Crippen LogP contribution < -0.4 is 0 Å². The zero-order chi connectivity index (χ0) is 15.6. The van der Waals surface area contributed by atoms with E-state index in [0.717, 1.165) is 10.4 Å². The van der Waals surface area contributed by atoms with Crippen molar-refractivity contribution < 1.29 is 18.3 Å². The summed E-state index contributed by atoms with van der Waals surface area (Å²) in [4.78, 5) is 14.9. The third-order valence-electron chi connectivity index (χ3n) is 2.74. The number of hydrogen-bond donors (Lipinski definition) is 1. The van der Waals surface area contributed by atoms with Crippen molar-refractivity contribution in [1.82, 2.24) is 9.29 Å². The molecule has 0 aliphatic heterocycles. The maximum atomic E-state index is 12.4. The second-order valence-electron chi connectivity index (χ2n) is 4.19. The molecule has 0 saturated heterocycles. The molecule has 0 saturated carbocycles. The van der Waals surface area contributed by atoms with Gasteiger partial charge >= 0.3 is 5.97 Å². The number of nitrogens with zero attached hydrogens (tertiary/aromatic N) is 2. The van der Waals surface area contributed by atoms with E-state index in [-0.39, 0.29) is 22.0 Å². The summed E-state index contributed by atoms with van der Waals surface area (Å²) >= 11 is 7.11. The number of aromatic nitrogens is 1. The van der Waals surface area contributed by atoms with Crippen molar-refractivity contribution >= 4 is 38.9 Å². The fraction of sp³-hybridized carbons (Fsp3) is 0.167. The van der Waals surface area contributed by atoms with E-state index in [1.54, 1.807) is 10.9 Å². The van der Waals surface area contributed by atoms with Crippen LogP contribution in [0, 0.1) is 0 Å². The molecule has 2 aromatic rings. The number of aromatic carboxylic acids is 1. The van der Waals surface area contributed by atoms with Crippen LogP contribution in [0.5, 0.6) is 0 Å². The molecule has 1 aromatic heterocycles. The van der Waals surface area contributed by atoms with Crippen LogP contribution in [0.2, 0.25) is 5.02 Å². The lowest BCUT2D eigenvalue weighted by Gasteiger charge is -2.16. The summed E-state index contributed by atoms with van der Waals surface area (Å²) in [5.74, 6) is -1.28. The molecule has 0 radical (unpaired) electrons. The van der Waals surface area contributed by atoms with E-state index in [1.807, 2.05) is 0 Å². The number of thiazole rings is 1. The molecular formula is C12H11ClN2O4S2. The summed E-state index contributed by atoms with van der Waals surface area (Å²) in [6.45, 7) is 0.108. The standard InChI is InChI=1S/C12H11ClN2O4S2/c1-15(5-8-6-20-7-14-8)21(18,19)9-2-3-11(13)10(4-9)12(16)17/h2-4,6-7H,5H2,1H3,(H,16,17). The van der Waals surface area contributed by atoms with Gasteiger partial charge in [-0.15, -0.1) is 11.3 Å². The Kier molecular flexibility index (Phi) is 4.62. The third-order valence-corrected chi connectivity index (χ3v) is 5.51. The lowest BCUT2D eigenvalue weighted by Crippen LogP contribution is -2.26. The van der Waals surface area contributed by atoms with Gasteiger partial charge in [0, 0.05) is 12.4 Å². The summed E-state index contributed by atoms with van der Waals surface area (Å²) < 4.78 is 25.9. The van der Waals surface area contributed by atoms with Gasteiger partial charge in [0.05, 0.1) is 33.2 Å². The van der Waals surface area contributed by atoms with Crippen LogP contribution in [0.1, 0.15) is 16.1 Å². The molecule has 0 fully saturated rings. The Morgan fingerprint density at radius 3 is 2.76 bits per heavy atom. The van der Waals surface area contributed by atoms with Gasteiger partial charge in [0.1, 0.15) is 0 Å². The van der Waals surface area contributed by atoms with E-state index in [9.17, 15) is 13.2 Å². The van der Waals surface area contributed by atoms with Crippen molar-refractivity contribution in [2.45, 2.75) is 11.4 Å². The normalized spacial score (nSPS) is 11.8. The minimum Gasteiger partial charge on any atom is -0.478 e. The third kappa shape index (κ3) is 3.41. The number of benzene rings is 1. The first-order valence-electron chi connectivity index (χ1n) is 5.68. The second kappa shape index (κ2) is 6.10. The molecule has 0 aliphatic carbocycles. The highest BCUT2D eigenvalue weighted by Gasteiger charge is 2.23. The molecule has 0 spiro atoms. The maximum absolute atomic E-state index is 12.4. The number of carboxylic acids is 1. The molecular weight excluding hydrogens is 336 g/mol. The summed E-state index contributed by atoms with van der Waals surface area (Å²) in [6, 6.07) is 3.59. The van der Waals surface area contributed by atoms with Crippen LogP contribution in [0.15, 0.2) is 34.0 Å². The predicted octanol–water partition coefficient (Wildman–Crippen LogP) is 2.32. The van der Waals surface area contributed by atoms with Gasteiger partial charge in [0.25, 0.3) is 0 Å². The molecule has 6 nitrogen and oxygen atoms in total. The van der Waals surface area contributed by atoms with Crippen LogP contribution in [0.25, 0.3) is 0 Å². The predicted molar refractivity (Wildman–Crippen MR) is 79.2 cm³/mol. The van der Waals surface area contributed by atoms with Crippen LogP contribution in [-0.2, 0) is 16.6 Å². The lowest BCUT2D eigenvalue weighted by molar-refractivity contribution is 0.0697. The van der Waals surface area contributed by atoms with Gasteiger partial charge in [-0.2, -0.15) is 4.31 Å². The van der Waals surface area contributed by atoms with E-state index in [2.05, 4.69) is 4.98 Å². The Morgan fingerprint density at radius 1 is 1.48 bits per heavy atom. The van der Waals surface area contributed by atoms with E-state index in [1.165, 1.54) is 30.5 Å². The zero-order valence-electron chi connectivity index (χ0n) is 10.9. The Hall–Kier alpha value is -1.48. The van der Waals surface area contributed by atoms with Crippen LogP contribution in [-0.4, -0.2) is 35.8 Å². The average Bonchev–Trinajstić information content (AvgIpc) is 2.91. The van der Waals surface area contributed by atoms with Crippen molar-refractivity contribution in [3.63, 3.8) is 0 Å². The van der Waals surface area contributed by atoms with Crippen molar-refractivity contribution in [1.29, 1.82) is 0 Å². The number of sulfonamides is 1. The van der Waals surface area contributed by atoms with Crippen molar-refractivity contribution in [3.8, 4) is 0 Å². The molecule has 112 valence electrons. The van der Waals surface area contributed by atoms with Crippen LogP contribution in [0.4, 0.5) is 0 Å². The SMILES string of the molecule is CN(Cc1cscn1)S(=O)(=O)c1ccc(Cl)c(C(=O)O)c1. The quantitative estimate of drug-likeness (QED) is 0.897. The Balaban J connectivity index is 2.35. The number of rotatable bonds is 5. The fourth-order valence-electron chi connectivity index (χ4n) is 1.64. The topological polar surface area (TPSA) is 87.6 Å². The van der Waals surface area contributed by atoms with Crippen molar-refractivity contribution in [3.05, 3.63) is 45.4 Å². The number of carboxylic acid groups (broad SMARTS) is 1. The first-order valence-corrected chi connectivity index (χ1v) is 8.44. The van der Waals surface area contributed by atoms with E-state index < -0.39 is 16.0 Å². The van der Waals surface area contributed by atoms with Crippen molar-refractivity contribution in [2.75, 3.05) is 7.05 Å². The summed E-state index contributed by atoms with van der Waals surface area (Å²) in [5.41, 5.74) is 1.99. The molecule has 0 aliphatic rings. The van der Waals surface area contributed by atoms with Gasteiger partial charge in [-0.1, -0.05) is 11.6 Å². The smallest absolute Gasteiger partial charge is 0.337 e. The molecule has 0 amide bonds. The molecule has 1 aromatic carbocycles. The molecule has 2 rings (SSSR count). The lowest BCUT2D eigenvalue weighted by atomic mass is 10.2. The van der Waals surface area contributed by atoms with E-state index >= 15 is 0 Å². The summed E-state index contributed by atoms with van der Waals surface area (Å²) in [6.07, 6.45) is 0. The minimum atomic E-state index is -3.81. The summed E-state index contributed by atoms with van der Waals surface area (Å²) in [5, 5.41) is 10.7. The van der Waals surface area contributed by atoms with Gasteiger partial charge in [-0.3, -0.25) is 0 Å². The maximum Gasteiger partial charge on any atom is 0.337 e. The summed E-state index contributed by atoms with van der Waals surface area (Å²) in [7, 11) is -2.41. The molecule has 21 heavy (non-hydrogen) atoms. The molecule has 0 unspecified atom stereocenters. The van der Waals surface area contributed by atoms with Crippen molar-refractivity contribution in [2.24, 2.45) is 0 Å². The number of carbonyl (C=O) groups is 1. The van der Waals surface area contributed by atoms with Gasteiger partial charge in [0.15, 0.2) is 0 Å². The molecule has 9 heteroatoms. The van der Waals surface area contributed by atoms with E-state index in [0.29, 0.717) is 5.69 Å². The molecule has 1 N–H and O–H groups in total. The highest BCUT2D eigenvalue weighted by Crippen LogP contribution is 2.23. The van der Waals surface area contributed by atoms with E-state index in [4.69, 9.17) is 16.7 Å². The second-order valence-corrected chi connectivity index (χ2v) is 7.36. The number of halogens is 1. The number of hydrogen-bond acceptors (Lipinski definition) is 5. The Labute approximate surface area is 130 Å². The Bertz CT molecular complexity index is 760. The highest BCUT2D eigenvalue weighted by atomic mass is 35.5. The minimum absolute atomic E-state index is 0.0106. The van der Waals surface area contributed by atoms with Crippen LogP contribution >= 0.6 is 22.9 Å². The first-order chi connectivity index (χ1) is 9.82. The van der Waals surface area contributed by atoms with Gasteiger partial charge in [-0.05, 0) is 18.2 Å². The fourth-order valence-corrected chi connectivity index (χ4v) is 3.55. The monoisotopic (exact) mass is 346 g/mol. The van der Waals surface area contributed by atoms with Gasteiger partial charge in [0.2, 0.25) is 10.0 Å².